The van der Waals surface area contributed by atoms with E-state index in [1.165, 1.54) is 6.07 Å². The highest BCUT2D eigenvalue weighted by Crippen LogP contribution is 2.23. The number of carboxylic acids is 1. The lowest BCUT2D eigenvalue weighted by Crippen LogP contribution is -2.21. The highest BCUT2D eigenvalue weighted by atomic mass is 16.5. The van der Waals surface area contributed by atoms with Crippen LogP contribution in [-0.4, -0.2) is 41.7 Å². The molecular weight excluding hydrogens is 274 g/mol. The Morgan fingerprint density at radius 3 is 2.57 bits per heavy atom. The zero-order valence-electron chi connectivity index (χ0n) is 12.5. The summed E-state index contributed by atoms with van der Waals surface area (Å²) in [7, 11) is 0. The molecule has 0 fully saturated rings. The van der Waals surface area contributed by atoms with Gasteiger partial charge in [0.2, 0.25) is 5.91 Å². The second kappa shape index (κ2) is 7.03. The number of rotatable bonds is 7. The van der Waals surface area contributed by atoms with Crippen LogP contribution in [0.5, 0.6) is 0 Å². The van der Waals surface area contributed by atoms with Gasteiger partial charge < -0.3 is 20.9 Å². The van der Waals surface area contributed by atoms with Crippen molar-refractivity contribution < 1.29 is 19.4 Å². The first kappa shape index (κ1) is 16.9. The van der Waals surface area contributed by atoms with Crippen LogP contribution in [0.3, 0.4) is 0 Å². The van der Waals surface area contributed by atoms with E-state index >= 15 is 0 Å². The summed E-state index contributed by atoms with van der Waals surface area (Å²) in [6.45, 7) is 6.40. The molecule has 0 spiro atoms. The Hall–Kier alpha value is -2.15. The number of primary amides is 1. The first-order valence-electron chi connectivity index (χ1n) is 6.56. The maximum atomic E-state index is 11.2. The monoisotopic (exact) mass is 295 g/mol. The Kier molecular flexibility index (Phi) is 5.66. The Balaban J connectivity index is 2.75. The van der Waals surface area contributed by atoms with Crippen LogP contribution < -0.4 is 11.1 Å². The molecule has 4 N–H and O–H groups in total. The molecule has 0 saturated carbocycles. The molecular formula is C14H21N3O4. The molecule has 1 rings (SSSR count). The van der Waals surface area contributed by atoms with Crippen molar-refractivity contribution in [1.82, 2.24) is 4.98 Å². The van der Waals surface area contributed by atoms with E-state index in [0.717, 1.165) is 0 Å². The number of nitrogens with two attached hydrogens (primary N) is 1. The number of carbonyl (C=O) groups is 2. The summed E-state index contributed by atoms with van der Waals surface area (Å²) in [5.41, 5.74) is 5.54. The summed E-state index contributed by atoms with van der Waals surface area (Å²) in [5, 5.41) is 12.1. The molecule has 1 heterocycles. The molecule has 0 bridgehead atoms. The third-order valence-corrected chi connectivity index (χ3v) is 2.64. The number of carbonyl (C=O) groups excluding carboxylic acids is 1. The smallest absolute Gasteiger partial charge is 0.335 e. The van der Waals surface area contributed by atoms with Gasteiger partial charge in [0.05, 0.1) is 12.2 Å². The van der Waals surface area contributed by atoms with Gasteiger partial charge in [0.15, 0.2) is 0 Å². The van der Waals surface area contributed by atoms with Gasteiger partial charge in [0.1, 0.15) is 12.4 Å². The van der Waals surface area contributed by atoms with Crippen LogP contribution in [0.1, 0.15) is 36.8 Å². The molecule has 0 aliphatic rings. The van der Waals surface area contributed by atoms with Gasteiger partial charge in [-0.15, -0.1) is 0 Å². The largest absolute Gasteiger partial charge is 0.478 e. The number of nitrogens with one attached hydrogen (secondary N) is 1. The molecule has 0 saturated heterocycles. The molecule has 21 heavy (non-hydrogen) atoms. The van der Waals surface area contributed by atoms with Crippen LogP contribution in [0.2, 0.25) is 0 Å². The van der Waals surface area contributed by atoms with Crippen LogP contribution in [0, 0.1) is 0 Å². The summed E-state index contributed by atoms with van der Waals surface area (Å²) in [6, 6.07) is 3.03. The van der Waals surface area contributed by atoms with Crippen molar-refractivity contribution in [2.75, 3.05) is 25.1 Å². The molecule has 116 valence electrons. The van der Waals surface area contributed by atoms with Crippen LogP contribution >= 0.6 is 0 Å². The summed E-state index contributed by atoms with van der Waals surface area (Å²) in [6.07, 6.45) is 0. The van der Waals surface area contributed by atoms with E-state index in [9.17, 15) is 9.59 Å². The predicted octanol–water partition coefficient (Wildman–Crippen LogP) is 0.991. The van der Waals surface area contributed by atoms with Gasteiger partial charge in [-0.05, 0) is 12.1 Å². The van der Waals surface area contributed by atoms with E-state index < -0.39 is 11.9 Å². The van der Waals surface area contributed by atoms with Gasteiger partial charge in [0, 0.05) is 17.7 Å². The molecule has 0 aromatic carbocycles. The Bertz CT molecular complexity index is 523. The quantitative estimate of drug-likeness (QED) is 0.646. The highest BCUT2D eigenvalue weighted by molar-refractivity contribution is 5.88. The third kappa shape index (κ3) is 5.78. The van der Waals surface area contributed by atoms with Crippen LogP contribution in [0.25, 0.3) is 0 Å². The van der Waals surface area contributed by atoms with Gasteiger partial charge in [-0.1, -0.05) is 20.8 Å². The Morgan fingerprint density at radius 2 is 2.05 bits per heavy atom. The minimum atomic E-state index is -1.00. The lowest BCUT2D eigenvalue weighted by Gasteiger charge is -2.19. The molecule has 0 radical (unpaired) electrons. The molecule has 7 heteroatoms. The minimum absolute atomic E-state index is 0.141. The average Bonchev–Trinajstić information content (AvgIpc) is 2.36. The average molecular weight is 295 g/mol. The zero-order valence-corrected chi connectivity index (χ0v) is 12.5. The first-order valence-corrected chi connectivity index (χ1v) is 6.56. The van der Waals surface area contributed by atoms with Crippen LogP contribution in [0.4, 0.5) is 5.82 Å². The number of carboxylic acid groups (broad SMARTS) is 1. The van der Waals surface area contributed by atoms with E-state index in [2.05, 4.69) is 10.3 Å². The van der Waals surface area contributed by atoms with E-state index in [1.54, 1.807) is 6.07 Å². The van der Waals surface area contributed by atoms with Crippen molar-refractivity contribution in [3.8, 4) is 0 Å². The maximum Gasteiger partial charge on any atom is 0.335 e. The third-order valence-electron chi connectivity index (χ3n) is 2.64. The minimum Gasteiger partial charge on any atom is -0.478 e. The lowest BCUT2D eigenvalue weighted by atomic mass is 9.91. The molecule has 0 unspecified atom stereocenters. The molecule has 1 amide bonds. The molecule has 1 aromatic heterocycles. The Labute approximate surface area is 123 Å². The summed E-state index contributed by atoms with van der Waals surface area (Å²) in [5.74, 6) is -1.07. The molecule has 1 aromatic rings. The summed E-state index contributed by atoms with van der Waals surface area (Å²) < 4.78 is 5.01. The standard InChI is InChI=1S/C14H21N3O4/c1-14(2,3)10-6-9(13(19)20)7-12(17-10)16-4-5-21-8-11(15)18/h6-7H,4-5,8H2,1-3H3,(H2,15,18)(H,16,17)(H,19,20). The normalized spacial score (nSPS) is 11.2. The van der Waals surface area contributed by atoms with Crippen molar-refractivity contribution in [2.24, 2.45) is 5.73 Å². The van der Waals surface area contributed by atoms with E-state index in [-0.39, 0.29) is 24.2 Å². The second-order valence-corrected chi connectivity index (χ2v) is 5.63. The van der Waals surface area contributed by atoms with E-state index in [1.807, 2.05) is 20.8 Å². The van der Waals surface area contributed by atoms with Crippen molar-refractivity contribution in [3.63, 3.8) is 0 Å². The second-order valence-electron chi connectivity index (χ2n) is 5.63. The number of hydrogen-bond acceptors (Lipinski definition) is 5. The van der Waals surface area contributed by atoms with Crippen molar-refractivity contribution in [1.29, 1.82) is 0 Å². The zero-order chi connectivity index (χ0) is 16.0. The summed E-state index contributed by atoms with van der Waals surface area (Å²) in [4.78, 5) is 26.1. The number of nitrogens with zero attached hydrogens (tertiary/aromatic N) is 1. The fourth-order valence-corrected chi connectivity index (χ4v) is 1.55. The number of ether oxygens (including phenoxy) is 1. The number of hydrogen-bond donors (Lipinski definition) is 3. The van der Waals surface area contributed by atoms with Gasteiger partial charge in [-0.3, -0.25) is 4.79 Å². The molecule has 0 aliphatic carbocycles. The molecule has 0 atom stereocenters. The predicted molar refractivity (Wildman–Crippen MR) is 78.4 cm³/mol. The Morgan fingerprint density at radius 1 is 1.38 bits per heavy atom. The number of anilines is 1. The van der Waals surface area contributed by atoms with Gasteiger partial charge in [0.25, 0.3) is 0 Å². The fraction of sp³-hybridized carbons (Fsp3) is 0.500. The fourth-order valence-electron chi connectivity index (χ4n) is 1.55. The SMILES string of the molecule is CC(C)(C)c1cc(C(=O)O)cc(NCCOCC(N)=O)n1. The number of pyridine rings is 1. The van der Waals surface area contributed by atoms with E-state index in [0.29, 0.717) is 18.1 Å². The van der Waals surface area contributed by atoms with Crippen molar-refractivity contribution in [2.45, 2.75) is 26.2 Å². The molecule has 0 aliphatic heterocycles. The topological polar surface area (TPSA) is 115 Å². The van der Waals surface area contributed by atoms with Gasteiger partial charge in [-0.25, -0.2) is 9.78 Å². The first-order chi connectivity index (χ1) is 9.70. The van der Waals surface area contributed by atoms with Crippen molar-refractivity contribution >= 4 is 17.7 Å². The highest BCUT2D eigenvalue weighted by Gasteiger charge is 2.19. The lowest BCUT2D eigenvalue weighted by molar-refractivity contribution is -0.122. The van der Waals surface area contributed by atoms with Crippen LogP contribution in [-0.2, 0) is 14.9 Å². The van der Waals surface area contributed by atoms with Gasteiger partial charge in [-0.2, -0.15) is 0 Å². The van der Waals surface area contributed by atoms with Crippen LogP contribution in [0.15, 0.2) is 12.1 Å². The van der Waals surface area contributed by atoms with E-state index in [4.69, 9.17) is 15.6 Å². The van der Waals surface area contributed by atoms with Crippen molar-refractivity contribution in [3.05, 3.63) is 23.4 Å². The number of aromatic nitrogens is 1. The maximum absolute atomic E-state index is 11.2. The summed E-state index contributed by atoms with van der Waals surface area (Å²) >= 11 is 0. The van der Waals surface area contributed by atoms with Gasteiger partial charge >= 0.3 is 5.97 Å². The molecule has 7 nitrogen and oxygen atoms in total. The number of aromatic carboxylic acids is 1. The number of amides is 1.